The number of amides is 2. The molecule has 1 saturated heterocycles. The molecule has 2 atom stereocenters. The second-order valence-electron chi connectivity index (χ2n) is 6.85. The fraction of sp³-hybridized carbons (Fsp3) is 0.500. The number of para-hydroxylation sites is 1. The van der Waals surface area contributed by atoms with Gasteiger partial charge in [0.2, 0.25) is 5.91 Å². The van der Waals surface area contributed by atoms with Crippen LogP contribution in [0.2, 0.25) is 0 Å². The van der Waals surface area contributed by atoms with E-state index in [1.807, 2.05) is 28.9 Å². The van der Waals surface area contributed by atoms with Crippen molar-refractivity contribution in [2.45, 2.75) is 45.3 Å². The quantitative estimate of drug-likeness (QED) is 0.761. The molecule has 0 spiro atoms. The van der Waals surface area contributed by atoms with E-state index in [4.69, 9.17) is 0 Å². The van der Waals surface area contributed by atoms with Gasteiger partial charge in [-0.25, -0.2) is 0 Å². The van der Waals surface area contributed by atoms with Crippen LogP contribution in [0, 0.1) is 0 Å². The molecule has 1 aromatic heterocycles. The number of carbonyl (C=O) groups excluding carboxylic acids is 2. The van der Waals surface area contributed by atoms with Crippen LogP contribution in [0.25, 0.3) is 10.9 Å². The summed E-state index contributed by atoms with van der Waals surface area (Å²) in [6.45, 7) is 6.87. The standard InChI is InChI=1S/C18H25N5O2/c1-11(2)23-16-7-5-4-6-15(16)17(22-23)18(25)21-14-8-13(20-10-14)9-19-12(3)24/h4-7,11,13-14,20H,8-10H2,1-3H3,(H,19,24)(H,21,25)/t13-,14-/m0/s1. The minimum absolute atomic E-state index is 0.0363. The van der Waals surface area contributed by atoms with Gasteiger partial charge in [0, 0.05) is 43.5 Å². The van der Waals surface area contributed by atoms with Crippen LogP contribution >= 0.6 is 0 Å². The average Bonchev–Trinajstić information content (AvgIpc) is 3.17. The van der Waals surface area contributed by atoms with Crippen molar-refractivity contribution in [3.05, 3.63) is 30.0 Å². The molecule has 134 valence electrons. The predicted molar refractivity (Wildman–Crippen MR) is 96.5 cm³/mol. The molecular weight excluding hydrogens is 318 g/mol. The van der Waals surface area contributed by atoms with E-state index in [2.05, 4.69) is 34.9 Å². The third kappa shape index (κ3) is 3.82. The number of benzene rings is 1. The molecular formula is C18H25N5O2. The van der Waals surface area contributed by atoms with Gasteiger partial charge < -0.3 is 16.0 Å². The lowest BCUT2D eigenvalue weighted by molar-refractivity contribution is -0.119. The highest BCUT2D eigenvalue weighted by Crippen LogP contribution is 2.22. The van der Waals surface area contributed by atoms with E-state index in [1.165, 1.54) is 6.92 Å². The smallest absolute Gasteiger partial charge is 0.272 e. The van der Waals surface area contributed by atoms with E-state index in [0.29, 0.717) is 18.8 Å². The number of fused-ring (bicyclic) bond motifs is 1. The van der Waals surface area contributed by atoms with Crippen LogP contribution in [-0.2, 0) is 4.79 Å². The highest BCUT2D eigenvalue weighted by molar-refractivity contribution is 6.05. The van der Waals surface area contributed by atoms with Gasteiger partial charge >= 0.3 is 0 Å². The summed E-state index contributed by atoms with van der Waals surface area (Å²) in [5, 5.41) is 14.6. The maximum atomic E-state index is 12.7. The monoisotopic (exact) mass is 343 g/mol. The lowest BCUT2D eigenvalue weighted by Crippen LogP contribution is -2.36. The maximum absolute atomic E-state index is 12.7. The van der Waals surface area contributed by atoms with Gasteiger partial charge in [0.1, 0.15) is 0 Å². The van der Waals surface area contributed by atoms with Crippen LogP contribution in [0.4, 0.5) is 0 Å². The van der Waals surface area contributed by atoms with Crippen molar-refractivity contribution in [1.29, 1.82) is 0 Å². The van der Waals surface area contributed by atoms with Crippen LogP contribution < -0.4 is 16.0 Å². The Morgan fingerprint density at radius 1 is 1.36 bits per heavy atom. The molecule has 3 rings (SSSR count). The Morgan fingerprint density at radius 2 is 2.12 bits per heavy atom. The average molecular weight is 343 g/mol. The number of nitrogens with zero attached hydrogens (tertiary/aromatic N) is 2. The Labute approximate surface area is 147 Å². The van der Waals surface area contributed by atoms with Gasteiger partial charge in [-0.15, -0.1) is 0 Å². The molecule has 2 aromatic rings. The Morgan fingerprint density at radius 3 is 2.84 bits per heavy atom. The van der Waals surface area contributed by atoms with Crippen molar-refractivity contribution in [1.82, 2.24) is 25.7 Å². The molecule has 7 nitrogen and oxygen atoms in total. The summed E-state index contributed by atoms with van der Waals surface area (Å²) < 4.78 is 1.89. The van der Waals surface area contributed by atoms with E-state index < -0.39 is 0 Å². The van der Waals surface area contributed by atoms with Crippen molar-refractivity contribution in [3.63, 3.8) is 0 Å². The topological polar surface area (TPSA) is 88.1 Å². The van der Waals surface area contributed by atoms with Crippen LogP contribution in [0.1, 0.15) is 43.7 Å². The molecule has 25 heavy (non-hydrogen) atoms. The van der Waals surface area contributed by atoms with Crippen molar-refractivity contribution < 1.29 is 9.59 Å². The van der Waals surface area contributed by atoms with Crippen LogP contribution in [0.15, 0.2) is 24.3 Å². The lowest BCUT2D eigenvalue weighted by atomic mass is 10.1. The third-order valence-electron chi connectivity index (χ3n) is 4.47. The van der Waals surface area contributed by atoms with E-state index in [-0.39, 0.29) is 29.9 Å². The number of rotatable bonds is 5. The Bertz CT molecular complexity index is 783. The second-order valence-corrected chi connectivity index (χ2v) is 6.85. The van der Waals surface area contributed by atoms with Crippen LogP contribution in [-0.4, -0.2) is 46.8 Å². The van der Waals surface area contributed by atoms with E-state index >= 15 is 0 Å². The van der Waals surface area contributed by atoms with E-state index in [1.54, 1.807) is 0 Å². The molecule has 1 aliphatic rings. The maximum Gasteiger partial charge on any atom is 0.272 e. The van der Waals surface area contributed by atoms with Crippen molar-refractivity contribution in [2.75, 3.05) is 13.1 Å². The van der Waals surface area contributed by atoms with Gasteiger partial charge in [-0.05, 0) is 26.3 Å². The van der Waals surface area contributed by atoms with Crippen molar-refractivity contribution >= 4 is 22.7 Å². The third-order valence-corrected chi connectivity index (χ3v) is 4.47. The summed E-state index contributed by atoms with van der Waals surface area (Å²) in [4.78, 5) is 23.7. The first kappa shape index (κ1) is 17.4. The molecule has 0 radical (unpaired) electrons. The molecule has 3 N–H and O–H groups in total. The fourth-order valence-corrected chi connectivity index (χ4v) is 3.26. The zero-order chi connectivity index (χ0) is 18.0. The first-order valence-electron chi connectivity index (χ1n) is 8.71. The summed E-state index contributed by atoms with van der Waals surface area (Å²) in [7, 11) is 0. The number of hydrogen-bond donors (Lipinski definition) is 3. The first-order chi connectivity index (χ1) is 12.0. The van der Waals surface area contributed by atoms with E-state index in [9.17, 15) is 9.59 Å². The zero-order valence-corrected chi connectivity index (χ0v) is 14.9. The van der Waals surface area contributed by atoms with E-state index in [0.717, 1.165) is 17.3 Å². The predicted octanol–water partition coefficient (Wildman–Crippen LogP) is 1.21. The molecule has 2 amide bonds. The van der Waals surface area contributed by atoms with Gasteiger partial charge in [0.05, 0.1) is 5.52 Å². The molecule has 2 heterocycles. The van der Waals surface area contributed by atoms with Crippen molar-refractivity contribution in [3.8, 4) is 0 Å². The molecule has 0 saturated carbocycles. The van der Waals surface area contributed by atoms with Gasteiger partial charge in [-0.1, -0.05) is 18.2 Å². The highest BCUT2D eigenvalue weighted by Gasteiger charge is 2.27. The zero-order valence-electron chi connectivity index (χ0n) is 14.9. The number of aromatic nitrogens is 2. The Kier molecular flexibility index (Phi) is 5.03. The van der Waals surface area contributed by atoms with Crippen molar-refractivity contribution in [2.24, 2.45) is 0 Å². The normalized spacial score (nSPS) is 20.2. The molecule has 0 unspecified atom stereocenters. The van der Waals surface area contributed by atoms with Gasteiger partial charge in [-0.2, -0.15) is 5.10 Å². The fourth-order valence-electron chi connectivity index (χ4n) is 3.26. The van der Waals surface area contributed by atoms with Crippen LogP contribution in [0.5, 0.6) is 0 Å². The summed E-state index contributed by atoms with van der Waals surface area (Å²) in [6, 6.07) is 8.20. The summed E-state index contributed by atoms with van der Waals surface area (Å²) in [5.74, 6) is -0.192. The number of nitrogens with one attached hydrogen (secondary N) is 3. The highest BCUT2D eigenvalue weighted by atomic mass is 16.2. The SMILES string of the molecule is CC(=O)NC[C@@H]1C[C@H](NC(=O)c2nn(C(C)C)c3ccccc23)CN1. The van der Waals surface area contributed by atoms with Gasteiger partial charge in [0.15, 0.2) is 5.69 Å². The second kappa shape index (κ2) is 7.23. The minimum Gasteiger partial charge on any atom is -0.355 e. The largest absolute Gasteiger partial charge is 0.355 e. The summed E-state index contributed by atoms with van der Waals surface area (Å²) in [6.07, 6.45) is 0.787. The summed E-state index contributed by atoms with van der Waals surface area (Å²) in [5.41, 5.74) is 1.44. The molecule has 1 fully saturated rings. The molecule has 0 aliphatic carbocycles. The summed E-state index contributed by atoms with van der Waals surface area (Å²) >= 11 is 0. The molecule has 7 heteroatoms. The van der Waals surface area contributed by atoms with Gasteiger partial charge in [0.25, 0.3) is 5.91 Å². The lowest BCUT2D eigenvalue weighted by Gasteiger charge is -2.12. The number of carbonyl (C=O) groups is 2. The molecule has 1 aliphatic heterocycles. The minimum atomic E-state index is -0.150. The Hall–Kier alpha value is -2.41. The number of hydrogen-bond acceptors (Lipinski definition) is 4. The molecule has 0 bridgehead atoms. The molecule has 1 aromatic carbocycles. The van der Waals surface area contributed by atoms with Gasteiger partial charge in [-0.3, -0.25) is 14.3 Å². The van der Waals surface area contributed by atoms with Crippen LogP contribution in [0.3, 0.4) is 0 Å². The first-order valence-corrected chi connectivity index (χ1v) is 8.71. The Balaban J connectivity index is 1.70.